The molecule has 0 aliphatic heterocycles. The third kappa shape index (κ3) is 3.91. The number of allylic oxidation sites excluding steroid dienone is 8. The van der Waals surface area contributed by atoms with Crippen LogP contribution in [0, 0.1) is 45.3 Å². The zero-order chi connectivity index (χ0) is 19.2. The zero-order valence-corrected chi connectivity index (χ0v) is 15.6. The van der Waals surface area contributed by atoms with E-state index in [0.29, 0.717) is 0 Å². The summed E-state index contributed by atoms with van der Waals surface area (Å²) in [4.78, 5) is 2.30. The number of rotatable bonds is 2. The molecule has 0 atom stereocenters. The summed E-state index contributed by atoms with van der Waals surface area (Å²) >= 11 is 1.69. The first-order valence-corrected chi connectivity index (χ1v) is 9.60. The Kier molecular flexibility index (Phi) is 5.68. The van der Waals surface area contributed by atoms with Crippen molar-refractivity contribution >= 4 is 22.5 Å². The smallest absolute Gasteiger partial charge is 0.132 e. The first-order chi connectivity index (χ1) is 13.2. The predicted molar refractivity (Wildman–Crippen MR) is 104 cm³/mol. The molecule has 0 saturated heterocycles. The maximum absolute atomic E-state index is 9.11. The first kappa shape index (κ1) is 18.4. The third-order valence-corrected chi connectivity index (χ3v) is 6.05. The van der Waals surface area contributed by atoms with Crippen molar-refractivity contribution in [2.24, 2.45) is 0 Å². The molecule has 130 valence electrons. The molecular weight excluding hydrogens is 352 g/mol. The van der Waals surface area contributed by atoms with Crippen molar-refractivity contribution in [2.45, 2.75) is 38.5 Å². The molecule has 0 radical (unpaired) electrons. The Morgan fingerprint density at radius 1 is 0.667 bits per heavy atom. The van der Waals surface area contributed by atoms with Crippen molar-refractivity contribution in [1.29, 1.82) is 21.0 Å². The quantitative estimate of drug-likeness (QED) is 0.637. The van der Waals surface area contributed by atoms with E-state index in [9.17, 15) is 0 Å². The van der Waals surface area contributed by atoms with Crippen LogP contribution in [0.3, 0.4) is 0 Å². The van der Waals surface area contributed by atoms with Crippen LogP contribution in [0.1, 0.15) is 48.3 Å². The highest BCUT2D eigenvalue weighted by molar-refractivity contribution is 7.14. The molecule has 27 heavy (non-hydrogen) atoms. The van der Waals surface area contributed by atoms with E-state index in [1.165, 1.54) is 0 Å². The predicted octanol–water partition coefficient (Wildman–Crippen LogP) is 5.57. The average molecular weight is 368 g/mol. The summed E-state index contributed by atoms with van der Waals surface area (Å²) < 4.78 is 0. The van der Waals surface area contributed by atoms with E-state index in [4.69, 9.17) is 21.0 Å². The van der Waals surface area contributed by atoms with Crippen LogP contribution in [0.2, 0.25) is 0 Å². The van der Waals surface area contributed by atoms with Crippen LogP contribution in [-0.2, 0) is 0 Å². The van der Waals surface area contributed by atoms with E-state index in [0.717, 1.165) is 70.6 Å². The lowest BCUT2D eigenvalue weighted by Crippen LogP contribution is -1.96. The van der Waals surface area contributed by atoms with Crippen molar-refractivity contribution < 1.29 is 0 Å². The van der Waals surface area contributed by atoms with Gasteiger partial charge in [0, 0.05) is 9.75 Å². The van der Waals surface area contributed by atoms with Crippen LogP contribution in [0.4, 0.5) is 0 Å². The van der Waals surface area contributed by atoms with Crippen molar-refractivity contribution in [1.82, 2.24) is 0 Å². The second kappa shape index (κ2) is 8.33. The van der Waals surface area contributed by atoms with Gasteiger partial charge in [0.1, 0.15) is 35.4 Å². The zero-order valence-electron chi connectivity index (χ0n) is 14.7. The highest BCUT2D eigenvalue weighted by Gasteiger charge is 2.18. The molecule has 1 aromatic heterocycles. The molecule has 0 N–H and O–H groups in total. The van der Waals surface area contributed by atoms with Gasteiger partial charge in [-0.1, -0.05) is 12.2 Å². The van der Waals surface area contributed by atoms with Gasteiger partial charge in [0.25, 0.3) is 0 Å². The van der Waals surface area contributed by atoms with Crippen molar-refractivity contribution in [3.05, 3.63) is 56.3 Å². The van der Waals surface area contributed by atoms with Crippen molar-refractivity contribution in [3.8, 4) is 24.3 Å². The lowest BCUT2D eigenvalue weighted by atomic mass is 9.91. The summed E-state index contributed by atoms with van der Waals surface area (Å²) in [5, 5.41) is 36.4. The van der Waals surface area contributed by atoms with Gasteiger partial charge in [-0.2, -0.15) is 21.0 Å². The fourth-order valence-corrected chi connectivity index (χ4v) is 4.54. The normalized spacial score (nSPS) is 16.1. The molecule has 4 nitrogen and oxygen atoms in total. The van der Waals surface area contributed by atoms with E-state index in [2.05, 4.69) is 12.1 Å². The van der Waals surface area contributed by atoms with Crippen LogP contribution in [-0.4, -0.2) is 0 Å². The molecule has 0 aromatic carbocycles. The lowest BCUT2D eigenvalue weighted by Gasteiger charge is -2.15. The van der Waals surface area contributed by atoms with E-state index in [1.54, 1.807) is 11.3 Å². The van der Waals surface area contributed by atoms with Crippen molar-refractivity contribution in [2.75, 3.05) is 0 Å². The van der Waals surface area contributed by atoms with Gasteiger partial charge in [-0.25, -0.2) is 0 Å². The molecule has 2 aliphatic rings. The molecule has 2 aliphatic carbocycles. The standard InChI is InChI=1S/C22H16N4S/c23-11-19(12-24)15-3-1-5-17(9-15)21-7-8-22(27-21)18-6-2-4-16(10-18)20(13-25)14-26/h7-10H,1-6H2. The van der Waals surface area contributed by atoms with Crippen LogP contribution in [0.25, 0.3) is 11.1 Å². The summed E-state index contributed by atoms with van der Waals surface area (Å²) in [7, 11) is 0. The van der Waals surface area contributed by atoms with Gasteiger partial charge in [-0.3, -0.25) is 0 Å². The molecule has 1 aromatic rings. The molecule has 3 rings (SSSR count). The fourth-order valence-electron chi connectivity index (χ4n) is 3.45. The van der Waals surface area contributed by atoms with E-state index >= 15 is 0 Å². The Hall–Kier alpha value is -3.38. The first-order valence-electron chi connectivity index (χ1n) is 8.78. The van der Waals surface area contributed by atoms with Crippen LogP contribution in [0.5, 0.6) is 0 Å². The largest absolute Gasteiger partial charge is 0.192 e. The minimum absolute atomic E-state index is 0.203. The fraction of sp³-hybridized carbons (Fsp3) is 0.273. The van der Waals surface area contributed by atoms with Crippen LogP contribution >= 0.6 is 11.3 Å². The Balaban J connectivity index is 1.95. The summed E-state index contributed by atoms with van der Waals surface area (Å²) in [6, 6.07) is 12.1. The van der Waals surface area contributed by atoms with Crippen LogP contribution in [0.15, 0.2) is 46.6 Å². The van der Waals surface area contributed by atoms with Gasteiger partial charge in [-0.15, -0.1) is 11.3 Å². The number of hydrogen-bond acceptors (Lipinski definition) is 5. The lowest BCUT2D eigenvalue weighted by molar-refractivity contribution is 0.833. The molecule has 0 spiro atoms. The summed E-state index contributed by atoms with van der Waals surface area (Å²) in [6.07, 6.45) is 9.26. The van der Waals surface area contributed by atoms with Gasteiger partial charge in [0.15, 0.2) is 0 Å². The van der Waals surface area contributed by atoms with Crippen LogP contribution < -0.4 is 0 Å². The highest BCUT2D eigenvalue weighted by Crippen LogP contribution is 2.39. The maximum Gasteiger partial charge on any atom is 0.132 e. The number of thiophene rings is 1. The molecule has 0 fully saturated rings. The van der Waals surface area contributed by atoms with Crippen molar-refractivity contribution in [3.63, 3.8) is 0 Å². The van der Waals surface area contributed by atoms with Gasteiger partial charge < -0.3 is 0 Å². The molecular formula is C22H16N4S. The van der Waals surface area contributed by atoms with Gasteiger partial charge in [0.05, 0.1) is 0 Å². The minimum Gasteiger partial charge on any atom is -0.192 e. The molecule has 1 heterocycles. The molecule has 0 saturated carbocycles. The van der Waals surface area contributed by atoms with E-state index in [1.807, 2.05) is 36.4 Å². The second-order valence-corrected chi connectivity index (χ2v) is 7.54. The number of nitrogens with zero attached hydrogens (tertiary/aromatic N) is 4. The SMILES string of the molecule is N#CC(C#N)=C1C=C(c2ccc(C3=CC(=C(C#N)C#N)CCC3)s2)CCC1. The number of hydrogen-bond donors (Lipinski definition) is 0. The third-order valence-electron chi connectivity index (χ3n) is 4.81. The monoisotopic (exact) mass is 368 g/mol. The number of nitriles is 4. The Morgan fingerprint density at radius 3 is 1.44 bits per heavy atom. The molecule has 5 heteroatoms. The average Bonchev–Trinajstić information content (AvgIpc) is 3.21. The maximum atomic E-state index is 9.11. The second-order valence-electron chi connectivity index (χ2n) is 6.46. The topological polar surface area (TPSA) is 95.2 Å². The minimum atomic E-state index is 0.203. The van der Waals surface area contributed by atoms with E-state index in [-0.39, 0.29) is 11.1 Å². The highest BCUT2D eigenvalue weighted by atomic mass is 32.1. The molecule has 0 amide bonds. The van der Waals surface area contributed by atoms with Gasteiger partial charge in [-0.05, 0) is 73.0 Å². The Morgan fingerprint density at radius 2 is 1.07 bits per heavy atom. The summed E-state index contributed by atoms with van der Waals surface area (Å²) in [5.74, 6) is 0. The Bertz CT molecular complexity index is 949. The molecule has 0 unspecified atom stereocenters. The Labute approximate surface area is 162 Å². The van der Waals surface area contributed by atoms with E-state index < -0.39 is 0 Å². The summed E-state index contributed by atoms with van der Waals surface area (Å²) in [5.41, 5.74) is 4.38. The van der Waals surface area contributed by atoms with Gasteiger partial charge in [0.2, 0.25) is 0 Å². The van der Waals surface area contributed by atoms with Gasteiger partial charge >= 0.3 is 0 Å². The molecule has 0 bridgehead atoms. The summed E-state index contributed by atoms with van der Waals surface area (Å²) in [6.45, 7) is 0.